The maximum Gasteiger partial charge on any atom is 0.312 e. The van der Waals surface area contributed by atoms with E-state index in [1.54, 1.807) is 12.1 Å². The van der Waals surface area contributed by atoms with Crippen LogP contribution in [0.1, 0.15) is 18.5 Å². The van der Waals surface area contributed by atoms with Crippen molar-refractivity contribution in [2.45, 2.75) is 18.9 Å². The second kappa shape index (κ2) is 5.76. The topological polar surface area (TPSA) is 95.0 Å². The molecule has 0 aliphatic carbocycles. The molecule has 1 fully saturated rings. The van der Waals surface area contributed by atoms with E-state index in [0.29, 0.717) is 5.02 Å². The van der Waals surface area contributed by atoms with Crippen LogP contribution in [0.5, 0.6) is 0 Å². The summed E-state index contributed by atoms with van der Waals surface area (Å²) in [5, 5.41) is 12.0. The molecule has 7 heteroatoms. The molecule has 1 aliphatic rings. The fourth-order valence-corrected chi connectivity index (χ4v) is 2.29. The van der Waals surface area contributed by atoms with Crippen LogP contribution >= 0.6 is 11.6 Å². The maximum absolute atomic E-state index is 10.8. The Hall–Kier alpha value is -2.00. The lowest BCUT2D eigenvalue weighted by molar-refractivity contribution is 0.242. The van der Waals surface area contributed by atoms with Crippen LogP contribution in [0.4, 0.5) is 10.6 Å². The molecule has 19 heavy (non-hydrogen) atoms. The molecule has 0 atom stereocenters. The van der Waals surface area contributed by atoms with Crippen molar-refractivity contribution in [1.29, 1.82) is 5.26 Å². The molecule has 100 valence electrons. The first-order valence-corrected chi connectivity index (χ1v) is 6.35. The molecule has 2 rings (SSSR count). The van der Waals surface area contributed by atoms with Crippen LogP contribution in [-0.2, 0) is 0 Å². The Bertz CT molecular complexity index is 519. The first-order valence-electron chi connectivity index (χ1n) is 5.97. The van der Waals surface area contributed by atoms with Gasteiger partial charge in [0.25, 0.3) is 0 Å². The third-order valence-electron chi connectivity index (χ3n) is 3.10. The number of hydrogen-bond donors (Lipinski definition) is 2. The minimum absolute atomic E-state index is 0.108. The molecule has 0 saturated carbocycles. The SMILES string of the molecule is N#Cc1nc(N2CCC(NC(N)=O)CC2)ccc1Cl. The van der Waals surface area contributed by atoms with E-state index in [2.05, 4.69) is 15.2 Å². The van der Waals surface area contributed by atoms with Crippen LogP contribution in [0, 0.1) is 11.3 Å². The highest BCUT2D eigenvalue weighted by Crippen LogP contribution is 2.21. The van der Waals surface area contributed by atoms with Gasteiger partial charge in [0.1, 0.15) is 11.9 Å². The normalized spacial score (nSPS) is 15.9. The number of halogens is 1. The van der Waals surface area contributed by atoms with Gasteiger partial charge in [-0.1, -0.05) is 11.6 Å². The molecule has 0 unspecified atom stereocenters. The van der Waals surface area contributed by atoms with Gasteiger partial charge in [0.2, 0.25) is 0 Å². The van der Waals surface area contributed by atoms with E-state index < -0.39 is 6.03 Å². The van der Waals surface area contributed by atoms with Gasteiger partial charge in [-0.3, -0.25) is 0 Å². The average molecular weight is 280 g/mol. The minimum Gasteiger partial charge on any atom is -0.356 e. The van der Waals surface area contributed by atoms with E-state index in [4.69, 9.17) is 22.6 Å². The lowest BCUT2D eigenvalue weighted by atomic mass is 10.1. The van der Waals surface area contributed by atoms with E-state index in [1.807, 2.05) is 6.07 Å². The van der Waals surface area contributed by atoms with Crippen molar-refractivity contribution < 1.29 is 4.79 Å². The molecule has 1 aromatic rings. The monoisotopic (exact) mass is 279 g/mol. The van der Waals surface area contributed by atoms with Gasteiger partial charge in [0, 0.05) is 19.1 Å². The molecule has 1 aromatic heterocycles. The summed E-state index contributed by atoms with van der Waals surface area (Å²) >= 11 is 5.85. The van der Waals surface area contributed by atoms with Crippen LogP contribution in [-0.4, -0.2) is 30.1 Å². The molecule has 6 nitrogen and oxygen atoms in total. The van der Waals surface area contributed by atoms with Crippen molar-refractivity contribution in [2.75, 3.05) is 18.0 Å². The van der Waals surface area contributed by atoms with Crippen LogP contribution in [0.25, 0.3) is 0 Å². The maximum atomic E-state index is 10.8. The predicted molar refractivity (Wildman–Crippen MR) is 71.9 cm³/mol. The molecule has 0 spiro atoms. The number of carbonyl (C=O) groups excluding carboxylic acids is 1. The standard InChI is InChI=1S/C12H14ClN5O/c13-9-1-2-11(17-10(9)7-14)18-5-3-8(4-6-18)16-12(15)19/h1-2,8H,3-6H2,(H3,15,16,19). The Morgan fingerprint density at radius 3 is 2.79 bits per heavy atom. The van der Waals surface area contributed by atoms with Crippen molar-refractivity contribution >= 4 is 23.4 Å². The quantitative estimate of drug-likeness (QED) is 0.851. The van der Waals surface area contributed by atoms with Crippen LogP contribution in [0.15, 0.2) is 12.1 Å². The molecule has 3 N–H and O–H groups in total. The average Bonchev–Trinajstić information content (AvgIpc) is 2.40. The number of pyridine rings is 1. The zero-order valence-corrected chi connectivity index (χ0v) is 11.0. The van der Waals surface area contributed by atoms with Crippen molar-refractivity contribution in [3.63, 3.8) is 0 Å². The van der Waals surface area contributed by atoms with E-state index in [-0.39, 0.29) is 11.7 Å². The summed E-state index contributed by atoms with van der Waals surface area (Å²) in [6.45, 7) is 1.51. The van der Waals surface area contributed by atoms with Crippen molar-refractivity contribution in [2.24, 2.45) is 5.73 Å². The largest absolute Gasteiger partial charge is 0.356 e. The molecule has 1 aliphatic heterocycles. The van der Waals surface area contributed by atoms with E-state index >= 15 is 0 Å². The zero-order chi connectivity index (χ0) is 13.8. The van der Waals surface area contributed by atoms with E-state index in [0.717, 1.165) is 31.7 Å². The molecule has 2 heterocycles. The fourth-order valence-electron chi connectivity index (χ4n) is 2.14. The van der Waals surface area contributed by atoms with Gasteiger partial charge in [0.15, 0.2) is 5.69 Å². The second-order valence-electron chi connectivity index (χ2n) is 4.38. The lowest BCUT2D eigenvalue weighted by Gasteiger charge is -2.32. The molecule has 0 bridgehead atoms. The van der Waals surface area contributed by atoms with Gasteiger partial charge in [0.05, 0.1) is 5.02 Å². The lowest BCUT2D eigenvalue weighted by Crippen LogP contribution is -2.46. The summed E-state index contributed by atoms with van der Waals surface area (Å²) in [6.07, 6.45) is 1.60. The summed E-state index contributed by atoms with van der Waals surface area (Å²) in [6, 6.07) is 5.06. The summed E-state index contributed by atoms with van der Waals surface area (Å²) < 4.78 is 0. The first kappa shape index (κ1) is 13.4. The summed E-state index contributed by atoms with van der Waals surface area (Å²) in [5.74, 6) is 0.735. The number of anilines is 1. The number of primary amides is 1. The summed E-state index contributed by atoms with van der Waals surface area (Å²) in [5.41, 5.74) is 5.33. The third-order valence-corrected chi connectivity index (χ3v) is 3.41. The number of urea groups is 1. The number of amides is 2. The Morgan fingerprint density at radius 1 is 1.53 bits per heavy atom. The van der Waals surface area contributed by atoms with Gasteiger partial charge in [-0.05, 0) is 25.0 Å². The minimum atomic E-state index is -0.491. The Kier molecular flexibility index (Phi) is 4.07. The van der Waals surface area contributed by atoms with Gasteiger partial charge >= 0.3 is 6.03 Å². The van der Waals surface area contributed by atoms with Crippen molar-refractivity contribution in [1.82, 2.24) is 10.3 Å². The van der Waals surface area contributed by atoms with Crippen LogP contribution in [0.2, 0.25) is 5.02 Å². The fraction of sp³-hybridized carbons (Fsp3) is 0.417. The Labute approximate surface area is 116 Å². The Balaban J connectivity index is 2.02. The second-order valence-corrected chi connectivity index (χ2v) is 4.79. The number of rotatable bonds is 2. The van der Waals surface area contributed by atoms with Crippen LogP contribution in [0.3, 0.4) is 0 Å². The highest BCUT2D eigenvalue weighted by Gasteiger charge is 2.21. The van der Waals surface area contributed by atoms with E-state index in [1.165, 1.54) is 0 Å². The highest BCUT2D eigenvalue weighted by atomic mass is 35.5. The van der Waals surface area contributed by atoms with E-state index in [9.17, 15) is 4.79 Å². The molecule has 0 aromatic carbocycles. The summed E-state index contributed by atoms with van der Waals surface area (Å²) in [7, 11) is 0. The number of aromatic nitrogens is 1. The smallest absolute Gasteiger partial charge is 0.312 e. The number of nitrogens with zero attached hydrogens (tertiary/aromatic N) is 3. The summed E-state index contributed by atoms with van der Waals surface area (Å²) in [4.78, 5) is 17.1. The number of nitriles is 1. The number of carbonyl (C=O) groups is 1. The predicted octanol–water partition coefficient (Wildman–Crippen LogP) is 1.24. The molecular formula is C12H14ClN5O. The zero-order valence-electron chi connectivity index (χ0n) is 10.3. The number of piperidine rings is 1. The van der Waals surface area contributed by atoms with Gasteiger partial charge in [-0.15, -0.1) is 0 Å². The first-order chi connectivity index (χ1) is 9.10. The third kappa shape index (κ3) is 3.26. The Morgan fingerprint density at radius 2 is 2.21 bits per heavy atom. The molecule has 1 saturated heterocycles. The molecule has 2 amide bonds. The van der Waals surface area contributed by atoms with Crippen molar-refractivity contribution in [3.8, 4) is 6.07 Å². The van der Waals surface area contributed by atoms with Crippen molar-refractivity contribution in [3.05, 3.63) is 22.8 Å². The number of nitrogens with one attached hydrogen (secondary N) is 1. The number of nitrogens with two attached hydrogens (primary N) is 1. The number of hydrogen-bond acceptors (Lipinski definition) is 4. The van der Waals surface area contributed by atoms with Gasteiger partial charge in [-0.25, -0.2) is 9.78 Å². The highest BCUT2D eigenvalue weighted by molar-refractivity contribution is 6.31. The van der Waals surface area contributed by atoms with Gasteiger partial charge < -0.3 is 16.0 Å². The molecular weight excluding hydrogens is 266 g/mol. The van der Waals surface area contributed by atoms with Crippen LogP contribution < -0.4 is 16.0 Å². The molecule has 0 radical (unpaired) electrons. The van der Waals surface area contributed by atoms with Gasteiger partial charge in [-0.2, -0.15) is 5.26 Å².